The monoisotopic (exact) mass is 116 g/mol. The Kier molecular flexibility index (Phi) is 0.707. The third-order valence-corrected chi connectivity index (χ3v) is 3.07. The van der Waals surface area contributed by atoms with Gasteiger partial charge in [0.05, 0.1) is 10.4 Å². The molecular weight excluding hydrogens is 108 g/mol. The molecule has 1 rings (SSSR count). The van der Waals surface area contributed by atoms with E-state index in [-0.39, 0.29) is 0 Å². The van der Waals surface area contributed by atoms with E-state index in [0.717, 1.165) is 0 Å². The summed E-state index contributed by atoms with van der Waals surface area (Å²) in [6, 6.07) is 0. The van der Waals surface area contributed by atoms with Gasteiger partial charge in [-0.05, 0) is 13.8 Å². The van der Waals surface area contributed by atoms with Crippen LogP contribution in [-0.2, 0) is 0 Å². The van der Waals surface area contributed by atoms with Crippen molar-refractivity contribution >= 4 is 9.52 Å². The minimum atomic E-state index is -0.771. The molecule has 1 aliphatic rings. The first kappa shape index (κ1) is 5.28. The molecule has 1 fully saturated rings. The molecule has 0 amide bonds. The third-order valence-electron chi connectivity index (χ3n) is 1.37. The van der Waals surface area contributed by atoms with Crippen LogP contribution < -0.4 is 0 Å². The number of aliphatic hydroxyl groups is 2. The first-order valence-corrected chi connectivity index (χ1v) is 3.20. The van der Waals surface area contributed by atoms with E-state index in [4.69, 9.17) is 10.2 Å². The lowest BCUT2D eigenvalue weighted by atomic mass is 10.3. The van der Waals surface area contributed by atoms with Crippen LogP contribution in [0.2, 0.25) is 0 Å². The van der Waals surface area contributed by atoms with Gasteiger partial charge in [0, 0.05) is 0 Å². The molecule has 2 atom stereocenters. The molecule has 0 aromatic heterocycles. The molecule has 2 N–H and O–H groups in total. The van der Waals surface area contributed by atoms with Gasteiger partial charge in [-0.25, -0.2) is 0 Å². The Labute approximate surface area is 45.0 Å². The van der Waals surface area contributed by atoms with Crippen LogP contribution in [-0.4, -0.2) is 30.2 Å². The predicted molar refractivity (Wildman–Crippen MR) is 27.0 cm³/mol. The molecule has 1 saturated heterocycles. The van der Waals surface area contributed by atoms with E-state index in [9.17, 15) is 0 Å². The summed E-state index contributed by atoms with van der Waals surface area (Å²) in [6.45, 7) is 3.29. The van der Waals surface area contributed by atoms with Gasteiger partial charge < -0.3 is 10.2 Å². The van der Waals surface area contributed by atoms with E-state index in [1.165, 1.54) is 0 Å². The third kappa shape index (κ3) is 0.609. The van der Waals surface area contributed by atoms with E-state index in [0.29, 0.717) is 9.52 Å². The quantitative estimate of drug-likeness (QED) is 0.404. The molecule has 2 nitrogen and oxygen atoms in total. The Morgan fingerprint density at radius 2 is 1.29 bits per heavy atom. The molecule has 3 heteroatoms. The van der Waals surface area contributed by atoms with E-state index >= 15 is 0 Å². The number of hydrogen-bond acceptors (Lipinski definition) is 2. The second kappa shape index (κ2) is 0.938. The highest BCUT2D eigenvalue weighted by molar-refractivity contribution is 6.58. The summed E-state index contributed by atoms with van der Waals surface area (Å²) in [4.78, 5) is 0. The summed E-state index contributed by atoms with van der Waals surface area (Å²) in [5, 5.41) is 16.3. The van der Waals surface area contributed by atoms with Gasteiger partial charge in [-0.15, -0.1) is 0 Å². The lowest BCUT2D eigenvalue weighted by Gasteiger charge is -2.03. The fraction of sp³-hybridized carbons (Fsp3) is 1.00. The maximum absolute atomic E-state index is 8.92. The standard InChI is InChI=1S/C4H8O2Si/c1-3(5)4(2,6)7-3/h5-6H,1-2H3/t3-,4+. The van der Waals surface area contributed by atoms with Crippen LogP contribution in [0.1, 0.15) is 13.8 Å². The van der Waals surface area contributed by atoms with Crippen LogP contribution in [0.3, 0.4) is 0 Å². The second-order valence-corrected chi connectivity index (χ2v) is 4.47. The molecule has 0 unspecified atom stereocenters. The summed E-state index contributed by atoms with van der Waals surface area (Å²) in [5.74, 6) is 0. The zero-order valence-corrected chi connectivity index (χ0v) is 5.39. The van der Waals surface area contributed by atoms with Gasteiger partial charge in [0.2, 0.25) is 0 Å². The Balaban J connectivity index is 2.59. The number of rotatable bonds is 0. The Hall–Kier alpha value is 0.137. The lowest BCUT2D eigenvalue weighted by molar-refractivity contribution is 0.0438. The molecule has 0 spiro atoms. The van der Waals surface area contributed by atoms with Crippen molar-refractivity contribution in [1.29, 1.82) is 0 Å². The molecule has 40 valence electrons. The highest BCUT2D eigenvalue weighted by Crippen LogP contribution is 2.36. The van der Waals surface area contributed by atoms with Gasteiger partial charge >= 0.3 is 0 Å². The minimum absolute atomic E-state index is 0.298. The van der Waals surface area contributed by atoms with Crippen molar-refractivity contribution in [3.63, 3.8) is 0 Å². The van der Waals surface area contributed by atoms with Gasteiger partial charge in [-0.1, -0.05) is 0 Å². The van der Waals surface area contributed by atoms with Crippen LogP contribution in [0.25, 0.3) is 0 Å². The first-order chi connectivity index (χ1) is 2.96. The Bertz CT molecular complexity index is 85.9. The van der Waals surface area contributed by atoms with Crippen molar-refractivity contribution in [2.45, 2.75) is 24.3 Å². The fourth-order valence-corrected chi connectivity index (χ4v) is 1.33. The van der Waals surface area contributed by atoms with Crippen LogP contribution in [0.15, 0.2) is 0 Å². The molecule has 0 aliphatic carbocycles. The zero-order chi connectivity index (χ0) is 5.71. The predicted octanol–water partition coefficient (Wildman–Crippen LogP) is -0.879. The normalized spacial score (nSPS) is 60.0. The summed E-state index contributed by atoms with van der Waals surface area (Å²) in [7, 11) is 0.298. The van der Waals surface area contributed by atoms with Gasteiger partial charge in [0.15, 0.2) is 0 Å². The van der Waals surface area contributed by atoms with Crippen molar-refractivity contribution in [3.05, 3.63) is 0 Å². The SMILES string of the molecule is C[C@]1(O)[Si][C@@]1(C)O. The highest BCUT2D eigenvalue weighted by Gasteiger charge is 2.60. The second-order valence-electron chi connectivity index (χ2n) is 2.27. The van der Waals surface area contributed by atoms with Gasteiger partial charge in [0.1, 0.15) is 9.52 Å². The van der Waals surface area contributed by atoms with Gasteiger partial charge in [0.25, 0.3) is 0 Å². The van der Waals surface area contributed by atoms with Crippen molar-refractivity contribution in [3.8, 4) is 0 Å². The van der Waals surface area contributed by atoms with Crippen LogP contribution in [0, 0.1) is 0 Å². The molecular formula is C4H8O2Si. The molecule has 0 aromatic rings. The fourth-order valence-electron chi connectivity index (χ4n) is 0.443. The highest BCUT2D eigenvalue weighted by atomic mass is 28.2. The van der Waals surface area contributed by atoms with E-state index in [1.807, 2.05) is 0 Å². The Morgan fingerprint density at radius 1 is 1.14 bits per heavy atom. The van der Waals surface area contributed by atoms with Crippen molar-refractivity contribution < 1.29 is 10.2 Å². The maximum Gasteiger partial charge on any atom is 0.130 e. The molecule has 2 radical (unpaired) electrons. The molecule has 7 heavy (non-hydrogen) atoms. The van der Waals surface area contributed by atoms with E-state index < -0.39 is 10.4 Å². The first-order valence-electron chi connectivity index (χ1n) is 2.20. The van der Waals surface area contributed by atoms with Crippen molar-refractivity contribution in [1.82, 2.24) is 0 Å². The zero-order valence-electron chi connectivity index (χ0n) is 4.39. The van der Waals surface area contributed by atoms with Gasteiger partial charge in [-0.3, -0.25) is 0 Å². The summed E-state index contributed by atoms with van der Waals surface area (Å²) in [5.41, 5.74) is 0. The summed E-state index contributed by atoms with van der Waals surface area (Å²) >= 11 is 0. The summed E-state index contributed by atoms with van der Waals surface area (Å²) in [6.07, 6.45) is 0. The van der Waals surface area contributed by atoms with Crippen molar-refractivity contribution in [2.24, 2.45) is 0 Å². The lowest BCUT2D eigenvalue weighted by Crippen LogP contribution is -2.17. The average Bonchev–Trinajstić information content (AvgIpc) is 1.63. The van der Waals surface area contributed by atoms with E-state index in [1.54, 1.807) is 13.8 Å². The Morgan fingerprint density at radius 3 is 1.29 bits per heavy atom. The molecule has 0 saturated carbocycles. The average molecular weight is 116 g/mol. The summed E-state index contributed by atoms with van der Waals surface area (Å²) < 4.78 is 0. The molecule has 1 aliphatic heterocycles. The molecule has 1 heterocycles. The largest absolute Gasteiger partial charge is 0.392 e. The molecule has 0 bridgehead atoms. The van der Waals surface area contributed by atoms with Crippen molar-refractivity contribution in [2.75, 3.05) is 0 Å². The number of hydrogen-bond donors (Lipinski definition) is 2. The maximum atomic E-state index is 8.92. The molecule has 0 aromatic carbocycles. The van der Waals surface area contributed by atoms with E-state index in [2.05, 4.69) is 0 Å². The smallest absolute Gasteiger partial charge is 0.130 e. The van der Waals surface area contributed by atoms with Crippen LogP contribution in [0.4, 0.5) is 0 Å². The topological polar surface area (TPSA) is 40.5 Å². The van der Waals surface area contributed by atoms with Crippen LogP contribution >= 0.6 is 0 Å². The van der Waals surface area contributed by atoms with Gasteiger partial charge in [-0.2, -0.15) is 0 Å². The minimum Gasteiger partial charge on any atom is -0.392 e. The van der Waals surface area contributed by atoms with Crippen LogP contribution in [0.5, 0.6) is 0 Å².